The van der Waals surface area contributed by atoms with Gasteiger partial charge in [-0.1, -0.05) is 30.3 Å². The smallest absolute Gasteiger partial charge is 0.127 e. The van der Waals surface area contributed by atoms with E-state index < -0.39 is 0 Å². The third-order valence-electron chi connectivity index (χ3n) is 2.90. The molecule has 0 fully saturated rings. The number of nitrogens with one attached hydrogen (secondary N) is 1. The van der Waals surface area contributed by atoms with Gasteiger partial charge >= 0.3 is 0 Å². The van der Waals surface area contributed by atoms with E-state index in [1.165, 1.54) is 0 Å². The van der Waals surface area contributed by atoms with Gasteiger partial charge in [-0.25, -0.2) is 0 Å². The minimum absolute atomic E-state index is 0.0655. The van der Waals surface area contributed by atoms with Crippen LogP contribution in [0.4, 0.5) is 0 Å². The Morgan fingerprint density at radius 2 is 1.58 bits per heavy atom. The molecule has 2 aromatic carbocycles. The van der Waals surface area contributed by atoms with E-state index in [0.717, 1.165) is 23.6 Å². The number of methoxy groups -OCH3 is 1. The maximum absolute atomic E-state index is 5.75. The van der Waals surface area contributed by atoms with E-state index in [-0.39, 0.29) is 6.10 Å². The van der Waals surface area contributed by atoms with E-state index in [1.54, 1.807) is 7.11 Å². The van der Waals surface area contributed by atoms with Crippen LogP contribution in [0.3, 0.4) is 0 Å². The molecule has 0 amide bonds. The SMILES string of the molecule is CNCC(OC)c1ccc(Oc2ccccc2)cc1. The van der Waals surface area contributed by atoms with Crippen LogP contribution in [0.15, 0.2) is 54.6 Å². The van der Waals surface area contributed by atoms with Crippen LogP contribution in [-0.2, 0) is 4.74 Å². The summed E-state index contributed by atoms with van der Waals surface area (Å²) in [6, 6.07) is 17.7. The third-order valence-corrected chi connectivity index (χ3v) is 2.90. The van der Waals surface area contributed by atoms with Crippen LogP contribution in [0.2, 0.25) is 0 Å². The predicted molar refractivity (Wildman–Crippen MR) is 76.6 cm³/mol. The Morgan fingerprint density at radius 1 is 0.947 bits per heavy atom. The van der Waals surface area contributed by atoms with Crippen LogP contribution in [0.25, 0.3) is 0 Å². The molecule has 0 aliphatic carbocycles. The molecule has 19 heavy (non-hydrogen) atoms. The topological polar surface area (TPSA) is 30.5 Å². The summed E-state index contributed by atoms with van der Waals surface area (Å²) < 4.78 is 11.2. The largest absolute Gasteiger partial charge is 0.457 e. The average molecular weight is 257 g/mol. The third kappa shape index (κ3) is 3.81. The summed E-state index contributed by atoms with van der Waals surface area (Å²) in [5.74, 6) is 1.67. The number of para-hydroxylation sites is 1. The first-order valence-electron chi connectivity index (χ1n) is 6.33. The number of hydrogen-bond acceptors (Lipinski definition) is 3. The molecule has 0 heterocycles. The summed E-state index contributed by atoms with van der Waals surface area (Å²) in [5.41, 5.74) is 1.14. The zero-order chi connectivity index (χ0) is 13.5. The minimum atomic E-state index is 0.0655. The van der Waals surface area contributed by atoms with Gasteiger partial charge < -0.3 is 14.8 Å². The van der Waals surface area contributed by atoms with Gasteiger partial charge in [-0.2, -0.15) is 0 Å². The monoisotopic (exact) mass is 257 g/mol. The molecule has 0 aromatic heterocycles. The fourth-order valence-corrected chi connectivity index (χ4v) is 1.90. The first-order chi connectivity index (χ1) is 9.33. The lowest BCUT2D eigenvalue weighted by atomic mass is 10.1. The summed E-state index contributed by atoms with van der Waals surface area (Å²) in [5, 5.41) is 3.12. The van der Waals surface area contributed by atoms with Crippen LogP contribution in [0.5, 0.6) is 11.5 Å². The summed E-state index contributed by atoms with van der Waals surface area (Å²) in [4.78, 5) is 0. The van der Waals surface area contributed by atoms with E-state index in [0.29, 0.717) is 0 Å². The normalized spacial score (nSPS) is 12.1. The van der Waals surface area contributed by atoms with Gasteiger partial charge in [0, 0.05) is 13.7 Å². The highest BCUT2D eigenvalue weighted by Crippen LogP contribution is 2.24. The van der Waals surface area contributed by atoms with Gasteiger partial charge in [0.2, 0.25) is 0 Å². The Balaban J connectivity index is 2.06. The van der Waals surface area contributed by atoms with Gasteiger partial charge in [0.25, 0.3) is 0 Å². The zero-order valence-corrected chi connectivity index (χ0v) is 11.3. The molecule has 0 radical (unpaired) electrons. The van der Waals surface area contributed by atoms with E-state index in [1.807, 2.05) is 61.6 Å². The maximum Gasteiger partial charge on any atom is 0.127 e. The second-order valence-corrected chi connectivity index (χ2v) is 4.27. The molecule has 0 bridgehead atoms. The second kappa shape index (κ2) is 6.92. The zero-order valence-electron chi connectivity index (χ0n) is 11.3. The van der Waals surface area contributed by atoms with E-state index in [2.05, 4.69) is 5.32 Å². The fourth-order valence-electron chi connectivity index (χ4n) is 1.90. The molecule has 2 rings (SSSR count). The number of likely N-dealkylation sites (N-methyl/N-ethyl adjacent to an activating group) is 1. The molecular formula is C16H19NO2. The molecule has 3 nitrogen and oxygen atoms in total. The average Bonchev–Trinajstić information content (AvgIpc) is 2.47. The Morgan fingerprint density at radius 3 is 2.16 bits per heavy atom. The number of rotatable bonds is 6. The molecule has 0 aliphatic heterocycles. The molecule has 3 heteroatoms. The lowest BCUT2D eigenvalue weighted by Gasteiger charge is -2.15. The van der Waals surface area contributed by atoms with E-state index in [4.69, 9.17) is 9.47 Å². The molecule has 1 atom stereocenters. The van der Waals surface area contributed by atoms with Crippen molar-refractivity contribution in [2.24, 2.45) is 0 Å². The first kappa shape index (κ1) is 13.6. The van der Waals surface area contributed by atoms with Crippen molar-refractivity contribution in [3.8, 4) is 11.5 Å². The van der Waals surface area contributed by atoms with E-state index in [9.17, 15) is 0 Å². The van der Waals surface area contributed by atoms with Crippen molar-refractivity contribution in [3.63, 3.8) is 0 Å². The predicted octanol–water partition coefficient (Wildman–Crippen LogP) is 3.39. The van der Waals surface area contributed by atoms with E-state index >= 15 is 0 Å². The van der Waals surface area contributed by atoms with Crippen LogP contribution in [0, 0.1) is 0 Å². The molecular weight excluding hydrogens is 238 g/mol. The molecule has 100 valence electrons. The summed E-state index contributed by atoms with van der Waals surface area (Å²) in [6.45, 7) is 0.787. The van der Waals surface area contributed by atoms with Crippen LogP contribution in [0.1, 0.15) is 11.7 Å². The van der Waals surface area contributed by atoms with Crippen molar-refractivity contribution < 1.29 is 9.47 Å². The second-order valence-electron chi connectivity index (χ2n) is 4.27. The Hall–Kier alpha value is -1.84. The lowest BCUT2D eigenvalue weighted by molar-refractivity contribution is 0.104. The highest BCUT2D eigenvalue weighted by atomic mass is 16.5. The van der Waals surface area contributed by atoms with Crippen LogP contribution < -0.4 is 10.1 Å². The molecule has 1 N–H and O–H groups in total. The van der Waals surface area contributed by atoms with Gasteiger partial charge in [0.05, 0.1) is 6.10 Å². The molecule has 0 saturated carbocycles. The van der Waals surface area contributed by atoms with Crippen molar-refractivity contribution in [1.82, 2.24) is 5.32 Å². The molecule has 0 spiro atoms. The Labute approximate surface area is 114 Å². The number of benzene rings is 2. The fraction of sp³-hybridized carbons (Fsp3) is 0.250. The Bertz CT molecular complexity index is 482. The van der Waals surface area contributed by atoms with Crippen LogP contribution in [-0.4, -0.2) is 20.7 Å². The number of ether oxygens (including phenoxy) is 2. The van der Waals surface area contributed by atoms with Gasteiger partial charge in [-0.05, 0) is 36.9 Å². The van der Waals surface area contributed by atoms with Crippen molar-refractivity contribution >= 4 is 0 Å². The van der Waals surface area contributed by atoms with Crippen molar-refractivity contribution in [2.75, 3.05) is 20.7 Å². The quantitative estimate of drug-likeness (QED) is 0.860. The lowest BCUT2D eigenvalue weighted by Crippen LogP contribution is -2.18. The standard InChI is InChI=1S/C16H19NO2/c1-17-12-16(18-2)13-8-10-15(11-9-13)19-14-6-4-3-5-7-14/h3-11,16-17H,12H2,1-2H3. The number of hydrogen-bond donors (Lipinski definition) is 1. The van der Waals surface area contributed by atoms with Gasteiger partial charge in [0.15, 0.2) is 0 Å². The van der Waals surface area contributed by atoms with Crippen molar-refractivity contribution in [3.05, 3.63) is 60.2 Å². The van der Waals surface area contributed by atoms with Crippen LogP contribution >= 0.6 is 0 Å². The van der Waals surface area contributed by atoms with Crippen molar-refractivity contribution in [2.45, 2.75) is 6.10 Å². The Kier molecular flexibility index (Phi) is 4.95. The highest BCUT2D eigenvalue weighted by Gasteiger charge is 2.09. The molecule has 2 aromatic rings. The molecule has 1 unspecified atom stereocenters. The summed E-state index contributed by atoms with van der Waals surface area (Å²) in [6.07, 6.45) is 0.0655. The van der Waals surface area contributed by atoms with Gasteiger partial charge in [-0.3, -0.25) is 0 Å². The van der Waals surface area contributed by atoms with Gasteiger partial charge in [-0.15, -0.1) is 0 Å². The maximum atomic E-state index is 5.75. The highest BCUT2D eigenvalue weighted by molar-refractivity contribution is 5.33. The van der Waals surface area contributed by atoms with Gasteiger partial charge in [0.1, 0.15) is 11.5 Å². The summed E-state index contributed by atoms with van der Waals surface area (Å²) >= 11 is 0. The minimum Gasteiger partial charge on any atom is -0.457 e. The molecule has 0 aliphatic rings. The summed E-state index contributed by atoms with van der Waals surface area (Å²) in [7, 11) is 3.63. The first-order valence-corrected chi connectivity index (χ1v) is 6.33. The van der Waals surface area contributed by atoms with Crippen molar-refractivity contribution in [1.29, 1.82) is 0 Å². The molecule has 0 saturated heterocycles.